The van der Waals surface area contributed by atoms with E-state index in [0.29, 0.717) is 4.20 Å². The van der Waals surface area contributed by atoms with Gasteiger partial charge in [0.05, 0.1) is 4.20 Å². The van der Waals surface area contributed by atoms with Gasteiger partial charge in [-0.15, -0.1) is 12.6 Å². The van der Waals surface area contributed by atoms with Crippen LogP contribution in [0.1, 0.15) is 11.1 Å². The summed E-state index contributed by atoms with van der Waals surface area (Å²) in [5, 5.41) is 0. The number of hydrogen-bond donors (Lipinski definition) is 1. The highest BCUT2D eigenvalue weighted by molar-refractivity contribution is 8.11. The maximum absolute atomic E-state index is 5.06. The van der Waals surface area contributed by atoms with Gasteiger partial charge in [-0.1, -0.05) is 72.9 Å². The number of hydrogen-bond acceptors (Lipinski definition) is 1. The molecule has 2 heteroatoms. The van der Waals surface area contributed by atoms with Crippen molar-refractivity contribution in [3.05, 3.63) is 77.9 Å². The summed E-state index contributed by atoms with van der Waals surface area (Å²) in [6.45, 7) is 0. The van der Waals surface area contributed by atoms with E-state index >= 15 is 0 Å². The Morgan fingerprint density at radius 2 is 1.24 bits per heavy atom. The first-order valence-corrected chi connectivity index (χ1v) is 6.18. The molecular weight excluding hydrogens is 244 g/mol. The number of thiol groups is 1. The van der Waals surface area contributed by atoms with E-state index in [1.54, 1.807) is 0 Å². The van der Waals surface area contributed by atoms with Crippen LogP contribution < -0.4 is 0 Å². The third-order valence-electron chi connectivity index (χ3n) is 2.44. The fourth-order valence-corrected chi connectivity index (χ4v) is 1.94. The molecule has 84 valence electrons. The van der Waals surface area contributed by atoms with Crippen LogP contribution in [0.3, 0.4) is 0 Å². The summed E-state index contributed by atoms with van der Waals surface area (Å²) >= 11 is 9.25. The van der Waals surface area contributed by atoms with Crippen molar-refractivity contribution >= 4 is 34.6 Å². The van der Waals surface area contributed by atoms with Crippen LogP contribution in [0.2, 0.25) is 0 Å². The lowest BCUT2D eigenvalue weighted by Crippen LogP contribution is -1.89. The number of thiocarbonyl (C=S) groups is 1. The molecule has 2 aromatic carbocycles. The van der Waals surface area contributed by atoms with Crippen molar-refractivity contribution in [2.75, 3.05) is 0 Å². The Balaban J connectivity index is 2.51. The van der Waals surface area contributed by atoms with Gasteiger partial charge in [-0.3, -0.25) is 0 Å². The first-order valence-electron chi connectivity index (χ1n) is 5.33. The first-order chi connectivity index (χ1) is 8.27. The molecule has 0 amide bonds. The van der Waals surface area contributed by atoms with Crippen molar-refractivity contribution in [3.63, 3.8) is 0 Å². The van der Waals surface area contributed by atoms with Crippen LogP contribution >= 0.6 is 24.8 Å². The molecule has 0 unspecified atom stereocenters. The third-order valence-corrected chi connectivity index (χ3v) is 2.68. The van der Waals surface area contributed by atoms with Gasteiger partial charge in [-0.05, 0) is 22.8 Å². The van der Waals surface area contributed by atoms with E-state index in [9.17, 15) is 0 Å². The summed E-state index contributed by atoms with van der Waals surface area (Å²) in [7, 11) is 0. The van der Waals surface area contributed by atoms with Gasteiger partial charge in [0.2, 0.25) is 0 Å². The molecule has 0 saturated carbocycles. The molecule has 2 aromatic rings. The minimum Gasteiger partial charge on any atom is -0.132 e. The Hall–Kier alpha value is -1.38. The summed E-state index contributed by atoms with van der Waals surface area (Å²) < 4.78 is 0.590. The molecule has 0 aliphatic carbocycles. The SMILES string of the molecule is S=C(S)C=C(c1ccccc1)c1ccccc1. The van der Waals surface area contributed by atoms with Crippen LogP contribution in [0.4, 0.5) is 0 Å². The normalized spacial score (nSPS) is 9.71. The van der Waals surface area contributed by atoms with Crippen LogP contribution in [0.25, 0.3) is 5.57 Å². The van der Waals surface area contributed by atoms with Gasteiger partial charge in [-0.25, -0.2) is 0 Å². The Bertz CT molecular complexity index is 486. The average Bonchev–Trinajstić information content (AvgIpc) is 2.38. The van der Waals surface area contributed by atoms with Gasteiger partial charge in [0.25, 0.3) is 0 Å². The van der Waals surface area contributed by atoms with E-state index in [1.165, 1.54) is 0 Å². The van der Waals surface area contributed by atoms with Crippen LogP contribution in [0.5, 0.6) is 0 Å². The van der Waals surface area contributed by atoms with Crippen LogP contribution in [0.15, 0.2) is 66.7 Å². The van der Waals surface area contributed by atoms with E-state index in [-0.39, 0.29) is 0 Å². The number of benzene rings is 2. The fourth-order valence-electron chi connectivity index (χ4n) is 1.69. The van der Waals surface area contributed by atoms with Crippen molar-refractivity contribution in [1.29, 1.82) is 0 Å². The summed E-state index contributed by atoms with van der Waals surface area (Å²) in [5.41, 5.74) is 3.40. The summed E-state index contributed by atoms with van der Waals surface area (Å²) in [5.74, 6) is 0. The molecular formula is C15H12S2. The Labute approximate surface area is 112 Å². The zero-order valence-electron chi connectivity index (χ0n) is 9.21. The molecule has 0 aliphatic heterocycles. The number of rotatable bonds is 3. The van der Waals surface area contributed by atoms with Gasteiger partial charge >= 0.3 is 0 Å². The van der Waals surface area contributed by atoms with Crippen LogP contribution in [0, 0.1) is 0 Å². The Kier molecular flexibility index (Phi) is 4.13. The first kappa shape index (κ1) is 12.1. The molecule has 0 fully saturated rings. The maximum atomic E-state index is 5.06. The van der Waals surface area contributed by atoms with Crippen molar-refractivity contribution in [2.24, 2.45) is 0 Å². The summed E-state index contributed by atoms with van der Waals surface area (Å²) in [4.78, 5) is 0. The van der Waals surface area contributed by atoms with Crippen molar-refractivity contribution < 1.29 is 0 Å². The van der Waals surface area contributed by atoms with Gasteiger partial charge in [-0.2, -0.15) is 0 Å². The molecule has 0 saturated heterocycles. The molecule has 0 radical (unpaired) electrons. The topological polar surface area (TPSA) is 0 Å². The molecule has 0 aliphatic rings. The Morgan fingerprint density at radius 1 is 0.824 bits per heavy atom. The molecule has 17 heavy (non-hydrogen) atoms. The van der Waals surface area contributed by atoms with Gasteiger partial charge in [0.1, 0.15) is 0 Å². The van der Waals surface area contributed by atoms with E-state index in [4.69, 9.17) is 12.2 Å². The predicted octanol–water partition coefficient (Wildman–Crippen LogP) is 4.38. The van der Waals surface area contributed by atoms with Crippen molar-refractivity contribution in [3.8, 4) is 0 Å². The largest absolute Gasteiger partial charge is 0.132 e. The molecule has 2 rings (SSSR count). The van der Waals surface area contributed by atoms with E-state index < -0.39 is 0 Å². The highest BCUT2D eigenvalue weighted by Gasteiger charge is 2.04. The smallest absolute Gasteiger partial charge is 0.0681 e. The quantitative estimate of drug-likeness (QED) is 0.483. The van der Waals surface area contributed by atoms with E-state index in [0.717, 1.165) is 16.7 Å². The highest BCUT2D eigenvalue weighted by Crippen LogP contribution is 2.23. The maximum Gasteiger partial charge on any atom is 0.0681 e. The second-order valence-corrected chi connectivity index (χ2v) is 4.85. The minimum atomic E-state index is 0.590. The van der Waals surface area contributed by atoms with Crippen molar-refractivity contribution in [2.45, 2.75) is 0 Å². The Morgan fingerprint density at radius 3 is 1.59 bits per heavy atom. The van der Waals surface area contributed by atoms with Crippen molar-refractivity contribution in [1.82, 2.24) is 0 Å². The van der Waals surface area contributed by atoms with Crippen LogP contribution in [-0.4, -0.2) is 4.20 Å². The second kappa shape index (κ2) is 5.80. The molecule has 0 N–H and O–H groups in total. The van der Waals surface area contributed by atoms with Gasteiger partial charge in [0.15, 0.2) is 0 Å². The molecule has 0 heterocycles. The lowest BCUT2D eigenvalue weighted by atomic mass is 9.98. The van der Waals surface area contributed by atoms with Gasteiger partial charge in [0, 0.05) is 0 Å². The summed E-state index contributed by atoms with van der Waals surface area (Å²) in [6.07, 6.45) is 1.92. The zero-order chi connectivity index (χ0) is 12.1. The van der Waals surface area contributed by atoms with Crippen LogP contribution in [-0.2, 0) is 0 Å². The van der Waals surface area contributed by atoms with E-state index in [1.807, 2.05) is 42.5 Å². The minimum absolute atomic E-state index is 0.590. The molecule has 0 bridgehead atoms. The predicted molar refractivity (Wildman–Crippen MR) is 81.5 cm³/mol. The standard InChI is InChI=1S/C15H12S2/c16-15(17)11-14(12-7-3-1-4-8-12)13-9-5-2-6-10-13/h1-11H,(H,16,17). The fraction of sp³-hybridized carbons (Fsp3) is 0. The third kappa shape index (κ3) is 3.29. The second-order valence-electron chi connectivity index (χ2n) is 3.63. The lowest BCUT2D eigenvalue weighted by Gasteiger charge is -2.07. The molecule has 0 nitrogen and oxygen atoms in total. The van der Waals surface area contributed by atoms with E-state index in [2.05, 4.69) is 36.9 Å². The molecule has 0 atom stereocenters. The zero-order valence-corrected chi connectivity index (χ0v) is 10.9. The van der Waals surface area contributed by atoms with Gasteiger partial charge < -0.3 is 0 Å². The highest BCUT2D eigenvalue weighted by atomic mass is 32.1. The molecule has 0 spiro atoms. The average molecular weight is 256 g/mol. The molecule has 0 aromatic heterocycles. The summed E-state index contributed by atoms with van der Waals surface area (Å²) in [6, 6.07) is 20.4. The monoisotopic (exact) mass is 256 g/mol. The lowest BCUT2D eigenvalue weighted by molar-refractivity contribution is 1.55.